The van der Waals surface area contributed by atoms with Gasteiger partial charge in [0.2, 0.25) is 0 Å². The Kier molecular flexibility index (Phi) is 5.66. The highest BCUT2D eigenvalue weighted by Gasteiger charge is 2.26. The largest absolute Gasteiger partial charge is 0.298 e. The summed E-state index contributed by atoms with van der Waals surface area (Å²) >= 11 is 0. The molecule has 0 amide bonds. The molecule has 0 aliphatic heterocycles. The van der Waals surface area contributed by atoms with Crippen LogP contribution in [0.5, 0.6) is 0 Å². The van der Waals surface area contributed by atoms with Crippen molar-refractivity contribution in [1.29, 1.82) is 0 Å². The summed E-state index contributed by atoms with van der Waals surface area (Å²) < 4.78 is 28.5. The van der Waals surface area contributed by atoms with E-state index in [1.54, 1.807) is 0 Å². The van der Waals surface area contributed by atoms with Gasteiger partial charge in [-0.15, -0.1) is 0 Å². The van der Waals surface area contributed by atoms with Crippen LogP contribution in [0.15, 0.2) is 30.1 Å². The van der Waals surface area contributed by atoms with Gasteiger partial charge in [-0.05, 0) is 31.6 Å². The highest BCUT2D eigenvalue weighted by Crippen LogP contribution is 2.38. The molecule has 1 nitrogen and oxygen atoms in total. The summed E-state index contributed by atoms with van der Waals surface area (Å²) in [4.78, 5) is 10.6. The molecule has 1 aliphatic carbocycles. The predicted octanol–water partition coefficient (Wildman–Crippen LogP) is 5.71. The van der Waals surface area contributed by atoms with Gasteiger partial charge < -0.3 is 0 Å². The second-order valence-electron chi connectivity index (χ2n) is 5.91. The topological polar surface area (TPSA) is 17.1 Å². The van der Waals surface area contributed by atoms with Crippen molar-refractivity contribution in [3.05, 3.63) is 41.2 Å². The van der Waals surface area contributed by atoms with E-state index < -0.39 is 11.7 Å². The van der Waals surface area contributed by atoms with E-state index in [9.17, 15) is 13.6 Å². The lowest BCUT2D eigenvalue weighted by atomic mass is 9.79. The second-order valence-corrected chi connectivity index (χ2v) is 5.91. The summed E-state index contributed by atoms with van der Waals surface area (Å²) in [6.45, 7) is 2.16. The Bertz CT molecular complexity index is 496. The van der Waals surface area contributed by atoms with E-state index in [1.807, 2.05) is 0 Å². The number of allylic oxidation sites excluding steroid dienone is 1. The van der Waals surface area contributed by atoms with Crippen LogP contribution < -0.4 is 0 Å². The number of carbonyl (C=O) groups is 1. The molecule has 0 unspecified atom stereocenters. The summed E-state index contributed by atoms with van der Waals surface area (Å²) in [6, 6.07) is 5.93. The predicted molar refractivity (Wildman–Crippen MR) is 81.3 cm³/mol. The number of rotatable bonds is 5. The molecular weight excluding hydrogens is 270 g/mol. The monoisotopic (exact) mass is 292 g/mol. The second kappa shape index (κ2) is 7.48. The lowest BCUT2D eigenvalue weighted by Crippen LogP contribution is -2.15. The Morgan fingerprint density at radius 1 is 1.14 bits per heavy atom. The summed E-state index contributed by atoms with van der Waals surface area (Å²) in [5.74, 6) is -1.01. The van der Waals surface area contributed by atoms with Gasteiger partial charge >= 0.3 is 0 Å². The van der Waals surface area contributed by atoms with Gasteiger partial charge in [-0.2, -0.15) is 0 Å². The van der Waals surface area contributed by atoms with Gasteiger partial charge in [-0.25, -0.2) is 8.78 Å². The van der Waals surface area contributed by atoms with E-state index in [0.29, 0.717) is 17.8 Å². The lowest BCUT2D eigenvalue weighted by molar-refractivity contribution is 0.112. The molecule has 1 aliphatic rings. The lowest BCUT2D eigenvalue weighted by Gasteiger charge is -2.27. The van der Waals surface area contributed by atoms with Gasteiger partial charge in [-0.3, -0.25) is 4.79 Å². The molecule has 0 N–H and O–H groups in total. The zero-order valence-corrected chi connectivity index (χ0v) is 12.4. The van der Waals surface area contributed by atoms with Crippen LogP contribution in [0.1, 0.15) is 61.4 Å². The number of aldehydes is 1. The first-order chi connectivity index (χ1) is 10.2. The molecule has 0 spiro atoms. The average molecular weight is 292 g/mol. The van der Waals surface area contributed by atoms with E-state index in [2.05, 4.69) is 6.92 Å². The van der Waals surface area contributed by atoms with Crippen molar-refractivity contribution in [3.63, 3.8) is 0 Å². The number of halogens is 2. The van der Waals surface area contributed by atoms with Crippen molar-refractivity contribution in [2.45, 2.75) is 45.4 Å². The minimum absolute atomic E-state index is 0.216. The maximum atomic E-state index is 14.3. The number of benzene rings is 1. The van der Waals surface area contributed by atoms with E-state index in [4.69, 9.17) is 0 Å². The molecule has 0 saturated heterocycles. The van der Waals surface area contributed by atoms with Crippen LogP contribution in [-0.4, -0.2) is 6.29 Å². The quantitative estimate of drug-likeness (QED) is 0.635. The van der Waals surface area contributed by atoms with Gasteiger partial charge in [0.15, 0.2) is 5.83 Å². The van der Waals surface area contributed by atoms with Crippen molar-refractivity contribution in [2.75, 3.05) is 0 Å². The van der Waals surface area contributed by atoms with Crippen molar-refractivity contribution in [2.24, 2.45) is 11.8 Å². The molecule has 1 fully saturated rings. The molecule has 2 rings (SSSR count). The third kappa shape index (κ3) is 3.99. The molecule has 1 saturated carbocycles. The van der Waals surface area contributed by atoms with Crippen molar-refractivity contribution in [3.8, 4) is 0 Å². The smallest absolute Gasteiger partial charge is 0.162 e. The Labute approximate surface area is 125 Å². The van der Waals surface area contributed by atoms with E-state index in [0.717, 1.165) is 32.1 Å². The molecule has 114 valence electrons. The molecule has 0 atom stereocenters. The van der Waals surface area contributed by atoms with Crippen LogP contribution in [0.3, 0.4) is 0 Å². The van der Waals surface area contributed by atoms with Crippen LogP contribution in [0, 0.1) is 11.8 Å². The Hall–Kier alpha value is -1.51. The van der Waals surface area contributed by atoms with Gasteiger partial charge in [0.1, 0.15) is 12.1 Å². The van der Waals surface area contributed by atoms with Crippen LogP contribution in [-0.2, 0) is 0 Å². The molecule has 3 heteroatoms. The van der Waals surface area contributed by atoms with Gasteiger partial charge in [-0.1, -0.05) is 44.0 Å². The number of hydrogen-bond acceptors (Lipinski definition) is 1. The van der Waals surface area contributed by atoms with Crippen molar-refractivity contribution >= 4 is 12.1 Å². The maximum Gasteiger partial charge on any atom is 0.162 e. The van der Waals surface area contributed by atoms with E-state index >= 15 is 0 Å². The molecule has 0 aromatic heterocycles. The van der Waals surface area contributed by atoms with Crippen LogP contribution >= 0.6 is 0 Å². The molecule has 1 aromatic carbocycles. The highest BCUT2D eigenvalue weighted by atomic mass is 19.2. The highest BCUT2D eigenvalue weighted by molar-refractivity contribution is 5.76. The van der Waals surface area contributed by atoms with Gasteiger partial charge in [0, 0.05) is 17.0 Å². The SMILES string of the molecule is CCCC1CCC(/C(F)=C(\F)c2ccc(C=O)cc2)CC1. The molecule has 21 heavy (non-hydrogen) atoms. The third-order valence-corrected chi connectivity index (χ3v) is 4.41. The summed E-state index contributed by atoms with van der Waals surface area (Å²) in [7, 11) is 0. The third-order valence-electron chi connectivity index (χ3n) is 4.41. The summed E-state index contributed by atoms with van der Waals surface area (Å²) in [5.41, 5.74) is 0.681. The van der Waals surface area contributed by atoms with Gasteiger partial charge in [0.05, 0.1) is 0 Å². The summed E-state index contributed by atoms with van der Waals surface area (Å²) in [6.07, 6.45) is 6.48. The summed E-state index contributed by atoms with van der Waals surface area (Å²) in [5, 5.41) is 0. The average Bonchev–Trinajstić information content (AvgIpc) is 2.54. The Balaban J connectivity index is 2.06. The minimum atomic E-state index is -0.772. The first-order valence-corrected chi connectivity index (χ1v) is 7.76. The molecule has 0 heterocycles. The van der Waals surface area contributed by atoms with E-state index in [-0.39, 0.29) is 11.5 Å². The first-order valence-electron chi connectivity index (χ1n) is 7.76. The Morgan fingerprint density at radius 3 is 2.29 bits per heavy atom. The van der Waals surface area contributed by atoms with Crippen LogP contribution in [0.25, 0.3) is 5.83 Å². The molecule has 0 bridgehead atoms. The van der Waals surface area contributed by atoms with Crippen LogP contribution in [0.4, 0.5) is 8.78 Å². The number of hydrogen-bond donors (Lipinski definition) is 0. The van der Waals surface area contributed by atoms with Gasteiger partial charge in [0.25, 0.3) is 0 Å². The van der Waals surface area contributed by atoms with E-state index in [1.165, 1.54) is 30.7 Å². The maximum absolute atomic E-state index is 14.3. The molecular formula is C18H22F2O. The first kappa shape index (κ1) is 15.9. The van der Waals surface area contributed by atoms with Crippen LogP contribution in [0.2, 0.25) is 0 Å². The fourth-order valence-corrected chi connectivity index (χ4v) is 3.14. The zero-order chi connectivity index (χ0) is 15.2. The normalized spacial score (nSPS) is 23.6. The Morgan fingerprint density at radius 2 is 1.76 bits per heavy atom. The molecule has 0 radical (unpaired) electrons. The fraction of sp³-hybridized carbons (Fsp3) is 0.500. The van der Waals surface area contributed by atoms with Crippen molar-refractivity contribution in [1.82, 2.24) is 0 Å². The fourth-order valence-electron chi connectivity index (χ4n) is 3.14. The number of carbonyl (C=O) groups excluding carboxylic acids is 1. The zero-order valence-electron chi connectivity index (χ0n) is 12.4. The standard InChI is InChI=1S/C18H22F2O/c1-2-3-13-4-8-15(9-5-13)17(19)18(20)16-10-6-14(12-21)7-11-16/h6-7,10-13,15H,2-5,8-9H2,1H3/b18-17+. The minimum Gasteiger partial charge on any atom is -0.298 e. The molecule has 1 aromatic rings. The van der Waals surface area contributed by atoms with Crippen molar-refractivity contribution < 1.29 is 13.6 Å².